The molecule has 3 rings (SSSR count). The molecule has 0 saturated heterocycles. The van der Waals surface area contributed by atoms with Crippen molar-refractivity contribution < 1.29 is 4.39 Å². The Bertz CT molecular complexity index is 627. The lowest BCUT2D eigenvalue weighted by molar-refractivity contribution is 0.611. The third kappa shape index (κ3) is 4.02. The lowest BCUT2D eigenvalue weighted by Gasteiger charge is -2.21. The third-order valence-electron chi connectivity index (χ3n) is 3.47. The molecule has 1 N–H and O–H groups in total. The smallest absolute Gasteiger partial charge is 0.141 e. The summed E-state index contributed by atoms with van der Waals surface area (Å²) in [6, 6.07) is 4.28. The van der Waals surface area contributed by atoms with Gasteiger partial charge in [0.25, 0.3) is 0 Å². The van der Waals surface area contributed by atoms with E-state index in [0.717, 1.165) is 21.7 Å². The molecular weight excluding hydrogens is 353 g/mol. The van der Waals surface area contributed by atoms with E-state index in [2.05, 4.69) is 42.6 Å². The van der Waals surface area contributed by atoms with Gasteiger partial charge in [-0.3, -0.25) is 0 Å². The second kappa shape index (κ2) is 6.42. The highest BCUT2D eigenvalue weighted by molar-refractivity contribution is 9.11. The fourth-order valence-electron chi connectivity index (χ4n) is 2.27. The zero-order valence-electron chi connectivity index (χ0n) is 11.8. The van der Waals surface area contributed by atoms with Crippen LogP contribution in [-0.2, 0) is 13.1 Å². The van der Waals surface area contributed by atoms with Gasteiger partial charge in [0.2, 0.25) is 0 Å². The molecule has 1 aliphatic rings. The van der Waals surface area contributed by atoms with E-state index >= 15 is 0 Å². The zero-order valence-corrected chi connectivity index (χ0v) is 14.2. The summed E-state index contributed by atoms with van der Waals surface area (Å²) >= 11 is 5.14. The predicted molar refractivity (Wildman–Crippen MR) is 88.2 cm³/mol. The minimum Gasteiger partial charge on any atom is -0.355 e. The van der Waals surface area contributed by atoms with Crippen LogP contribution in [0.15, 0.2) is 27.5 Å². The summed E-state index contributed by atoms with van der Waals surface area (Å²) in [5, 5.41) is 5.54. The minimum atomic E-state index is -0.280. The van der Waals surface area contributed by atoms with Crippen molar-refractivity contribution in [3.63, 3.8) is 0 Å². The average Bonchev–Trinajstić information content (AvgIpc) is 3.19. The molecule has 0 atom stereocenters. The second-order valence-electron chi connectivity index (χ2n) is 5.41. The molecule has 2 aromatic rings. The molecule has 0 aliphatic heterocycles. The molecule has 21 heavy (non-hydrogen) atoms. The molecule has 2 heterocycles. The Morgan fingerprint density at radius 3 is 2.95 bits per heavy atom. The Balaban J connectivity index is 1.75. The van der Waals surface area contributed by atoms with Crippen molar-refractivity contribution >= 4 is 33.1 Å². The van der Waals surface area contributed by atoms with Crippen LogP contribution in [-0.4, -0.2) is 18.1 Å². The number of thiophene rings is 1. The SMILES string of the molecule is CN(Cc1csc(Br)c1)c1ncc(F)cc1CNC1CC1. The first-order chi connectivity index (χ1) is 10.1. The van der Waals surface area contributed by atoms with Crippen molar-refractivity contribution in [3.05, 3.63) is 44.4 Å². The molecular formula is C15H17BrFN3S. The molecule has 0 unspecified atom stereocenters. The molecule has 0 bridgehead atoms. The van der Waals surface area contributed by atoms with Crippen molar-refractivity contribution in [2.24, 2.45) is 0 Å². The number of nitrogens with one attached hydrogen (secondary N) is 1. The summed E-state index contributed by atoms with van der Waals surface area (Å²) in [6.07, 6.45) is 3.73. The third-order valence-corrected chi connectivity index (χ3v) is 5.02. The van der Waals surface area contributed by atoms with Gasteiger partial charge < -0.3 is 10.2 Å². The lowest BCUT2D eigenvalue weighted by atomic mass is 10.2. The van der Waals surface area contributed by atoms with Crippen LogP contribution in [0.5, 0.6) is 0 Å². The summed E-state index contributed by atoms with van der Waals surface area (Å²) in [5.74, 6) is 0.560. The number of aromatic nitrogens is 1. The van der Waals surface area contributed by atoms with Crippen LogP contribution in [0.25, 0.3) is 0 Å². The van der Waals surface area contributed by atoms with Crippen molar-refractivity contribution in [1.29, 1.82) is 0 Å². The van der Waals surface area contributed by atoms with E-state index < -0.39 is 0 Å². The number of rotatable bonds is 6. The van der Waals surface area contributed by atoms with Crippen molar-refractivity contribution in [2.75, 3.05) is 11.9 Å². The number of nitrogens with zero attached hydrogens (tertiary/aromatic N) is 2. The van der Waals surface area contributed by atoms with E-state index in [9.17, 15) is 4.39 Å². The van der Waals surface area contributed by atoms with Gasteiger partial charge in [0.05, 0.1) is 9.98 Å². The largest absolute Gasteiger partial charge is 0.355 e. The summed E-state index contributed by atoms with van der Waals surface area (Å²) in [5.41, 5.74) is 2.14. The molecule has 6 heteroatoms. The summed E-state index contributed by atoms with van der Waals surface area (Å²) in [4.78, 5) is 6.35. The summed E-state index contributed by atoms with van der Waals surface area (Å²) < 4.78 is 14.6. The molecule has 0 aromatic carbocycles. The topological polar surface area (TPSA) is 28.2 Å². The Labute approximate surface area is 136 Å². The molecule has 0 spiro atoms. The molecule has 1 aliphatic carbocycles. The van der Waals surface area contributed by atoms with E-state index in [0.29, 0.717) is 12.6 Å². The zero-order chi connectivity index (χ0) is 14.8. The Kier molecular flexibility index (Phi) is 4.57. The van der Waals surface area contributed by atoms with Gasteiger partial charge in [-0.05, 0) is 51.8 Å². The van der Waals surface area contributed by atoms with Gasteiger partial charge in [0.1, 0.15) is 11.6 Å². The van der Waals surface area contributed by atoms with Crippen LogP contribution in [0.2, 0.25) is 0 Å². The lowest BCUT2D eigenvalue weighted by Crippen LogP contribution is -2.22. The van der Waals surface area contributed by atoms with Crippen LogP contribution in [0, 0.1) is 5.82 Å². The van der Waals surface area contributed by atoms with Gasteiger partial charge in [-0.2, -0.15) is 0 Å². The predicted octanol–water partition coefficient (Wildman–Crippen LogP) is 3.93. The van der Waals surface area contributed by atoms with Crippen LogP contribution in [0.4, 0.5) is 10.2 Å². The Morgan fingerprint density at radius 2 is 2.29 bits per heavy atom. The van der Waals surface area contributed by atoms with E-state index in [1.807, 2.05) is 7.05 Å². The highest BCUT2D eigenvalue weighted by atomic mass is 79.9. The fourth-order valence-corrected chi connectivity index (χ4v) is 3.47. The normalized spacial score (nSPS) is 14.4. The quantitative estimate of drug-likeness (QED) is 0.835. The Hall–Kier alpha value is -0.980. The molecule has 1 saturated carbocycles. The van der Waals surface area contributed by atoms with Crippen LogP contribution in [0.3, 0.4) is 0 Å². The second-order valence-corrected chi connectivity index (χ2v) is 7.70. The first-order valence-electron chi connectivity index (χ1n) is 6.93. The van der Waals surface area contributed by atoms with Gasteiger partial charge in [-0.25, -0.2) is 9.37 Å². The monoisotopic (exact) mass is 369 g/mol. The summed E-state index contributed by atoms with van der Waals surface area (Å²) in [6.45, 7) is 1.43. The fraction of sp³-hybridized carbons (Fsp3) is 0.400. The van der Waals surface area contributed by atoms with Gasteiger partial charge in [0, 0.05) is 31.7 Å². The highest BCUT2D eigenvalue weighted by Crippen LogP contribution is 2.25. The van der Waals surface area contributed by atoms with Crippen molar-refractivity contribution in [2.45, 2.75) is 32.0 Å². The van der Waals surface area contributed by atoms with Crippen molar-refractivity contribution in [3.8, 4) is 0 Å². The van der Waals surface area contributed by atoms with Gasteiger partial charge >= 0.3 is 0 Å². The molecule has 1 fully saturated rings. The van der Waals surface area contributed by atoms with E-state index in [1.165, 1.54) is 24.6 Å². The first-order valence-corrected chi connectivity index (χ1v) is 8.61. The number of halogens is 2. The van der Waals surface area contributed by atoms with Crippen LogP contribution in [0.1, 0.15) is 24.0 Å². The maximum Gasteiger partial charge on any atom is 0.141 e. The number of anilines is 1. The molecule has 0 radical (unpaired) electrons. The summed E-state index contributed by atoms with van der Waals surface area (Å²) in [7, 11) is 1.99. The first kappa shape index (κ1) is 14.9. The van der Waals surface area contributed by atoms with Gasteiger partial charge in [-0.15, -0.1) is 11.3 Å². The van der Waals surface area contributed by atoms with Gasteiger partial charge in [-0.1, -0.05) is 0 Å². The molecule has 2 aromatic heterocycles. The highest BCUT2D eigenvalue weighted by Gasteiger charge is 2.21. The average molecular weight is 370 g/mol. The number of hydrogen-bond acceptors (Lipinski definition) is 4. The molecule has 0 amide bonds. The minimum absolute atomic E-state index is 0.280. The standard InChI is InChI=1S/C15H17BrFN3S/c1-20(8-10-4-14(16)21-9-10)15-11(5-12(17)7-19-15)6-18-13-2-3-13/h4-5,7,9,13,18H,2-3,6,8H2,1H3. The van der Waals surface area contributed by atoms with Gasteiger partial charge in [0.15, 0.2) is 0 Å². The van der Waals surface area contributed by atoms with Crippen molar-refractivity contribution in [1.82, 2.24) is 10.3 Å². The maximum absolute atomic E-state index is 13.5. The van der Waals surface area contributed by atoms with Crippen LogP contribution < -0.4 is 10.2 Å². The maximum atomic E-state index is 13.5. The number of pyridine rings is 1. The molecule has 3 nitrogen and oxygen atoms in total. The van der Waals surface area contributed by atoms with E-state index in [1.54, 1.807) is 17.4 Å². The van der Waals surface area contributed by atoms with Crippen LogP contribution >= 0.6 is 27.3 Å². The van der Waals surface area contributed by atoms with E-state index in [-0.39, 0.29) is 5.82 Å². The molecule has 112 valence electrons. The number of hydrogen-bond donors (Lipinski definition) is 1. The van der Waals surface area contributed by atoms with E-state index in [4.69, 9.17) is 0 Å². The Morgan fingerprint density at radius 1 is 1.48 bits per heavy atom.